The lowest BCUT2D eigenvalue weighted by Crippen LogP contribution is -2.40. The summed E-state index contributed by atoms with van der Waals surface area (Å²) in [6.07, 6.45) is 1.66. The average molecular weight is 482 g/mol. The molecule has 1 atom stereocenters. The van der Waals surface area contributed by atoms with Crippen LogP contribution in [0, 0.1) is 5.92 Å². The largest absolute Gasteiger partial charge is 0.350 e. The maximum absolute atomic E-state index is 13.0. The minimum Gasteiger partial charge on any atom is -0.350 e. The third kappa shape index (κ3) is 6.01. The van der Waals surface area contributed by atoms with E-state index in [0.717, 1.165) is 24.9 Å². The number of nitrogens with one attached hydrogen (secondary N) is 2. The number of carbonyl (C=O) groups excluding carboxylic acids is 2. The number of nitrogens with zero attached hydrogens (tertiary/aromatic N) is 3. The first-order valence-corrected chi connectivity index (χ1v) is 11.8. The maximum atomic E-state index is 13.0. The molecule has 1 unspecified atom stereocenters. The molecule has 1 aliphatic heterocycles. The van der Waals surface area contributed by atoms with E-state index in [2.05, 4.69) is 25.7 Å². The van der Waals surface area contributed by atoms with E-state index in [0.29, 0.717) is 41.1 Å². The van der Waals surface area contributed by atoms with Crippen molar-refractivity contribution in [3.8, 4) is 11.4 Å². The third-order valence-corrected chi connectivity index (χ3v) is 5.91. The van der Waals surface area contributed by atoms with Crippen LogP contribution < -0.4 is 10.6 Å². The molecule has 34 heavy (non-hydrogen) atoms. The number of likely N-dealkylation sites (tertiary alicyclic amines) is 1. The Bertz CT molecular complexity index is 1150. The molecule has 1 saturated heterocycles. The van der Waals surface area contributed by atoms with Crippen LogP contribution >= 0.6 is 11.6 Å². The van der Waals surface area contributed by atoms with Gasteiger partial charge in [0, 0.05) is 23.2 Å². The fourth-order valence-corrected chi connectivity index (χ4v) is 4.13. The van der Waals surface area contributed by atoms with Crippen LogP contribution in [0.4, 0.5) is 5.69 Å². The van der Waals surface area contributed by atoms with Crippen LogP contribution in [-0.4, -0.2) is 46.0 Å². The second kappa shape index (κ2) is 10.8. The second-order valence-corrected chi connectivity index (χ2v) is 9.19. The molecule has 2 heterocycles. The van der Waals surface area contributed by atoms with Crippen LogP contribution in [0.1, 0.15) is 42.9 Å². The van der Waals surface area contributed by atoms with Crippen LogP contribution in [0.15, 0.2) is 53.1 Å². The Morgan fingerprint density at radius 1 is 1.18 bits per heavy atom. The summed E-state index contributed by atoms with van der Waals surface area (Å²) in [5.74, 6) is 0.510. The lowest BCUT2D eigenvalue weighted by molar-refractivity contribution is -0.121. The fourth-order valence-electron chi connectivity index (χ4n) is 4.00. The Labute approximate surface area is 203 Å². The van der Waals surface area contributed by atoms with Crippen molar-refractivity contribution >= 4 is 29.1 Å². The number of amides is 2. The number of para-hydroxylation sites is 1. The molecule has 2 amide bonds. The molecule has 0 radical (unpaired) electrons. The first-order valence-electron chi connectivity index (χ1n) is 11.4. The summed E-state index contributed by atoms with van der Waals surface area (Å²) < 4.78 is 5.44. The van der Waals surface area contributed by atoms with Crippen LogP contribution in [0.2, 0.25) is 5.02 Å². The summed E-state index contributed by atoms with van der Waals surface area (Å²) in [5.41, 5.74) is 1.81. The first-order chi connectivity index (χ1) is 16.4. The lowest BCUT2D eigenvalue weighted by atomic mass is 9.96. The van der Waals surface area contributed by atoms with Crippen molar-refractivity contribution in [3.63, 3.8) is 0 Å². The van der Waals surface area contributed by atoms with Gasteiger partial charge in [-0.15, -0.1) is 0 Å². The average Bonchev–Trinajstić information content (AvgIpc) is 3.28. The molecule has 4 rings (SSSR count). The Morgan fingerprint density at radius 2 is 1.94 bits per heavy atom. The zero-order chi connectivity index (χ0) is 24.1. The number of piperidine rings is 1. The Kier molecular flexibility index (Phi) is 7.59. The van der Waals surface area contributed by atoms with E-state index in [9.17, 15) is 9.59 Å². The monoisotopic (exact) mass is 481 g/mol. The van der Waals surface area contributed by atoms with Crippen molar-refractivity contribution in [1.29, 1.82) is 0 Å². The van der Waals surface area contributed by atoms with E-state index in [1.165, 1.54) is 0 Å². The van der Waals surface area contributed by atoms with Gasteiger partial charge in [-0.1, -0.05) is 28.9 Å². The SMILES string of the molecule is CC(C)NC(=O)c1ccccc1NC(=O)C1CCCN(Cc2nc(-c3ccc(Cl)cc3)no2)C1. The number of hydrogen-bond acceptors (Lipinski definition) is 6. The first kappa shape index (κ1) is 23.9. The number of hydrogen-bond donors (Lipinski definition) is 2. The van der Waals surface area contributed by atoms with E-state index >= 15 is 0 Å². The highest BCUT2D eigenvalue weighted by Crippen LogP contribution is 2.23. The number of aromatic nitrogens is 2. The van der Waals surface area contributed by atoms with Crippen LogP contribution in [0.5, 0.6) is 0 Å². The summed E-state index contributed by atoms with van der Waals surface area (Å²) in [6, 6.07) is 14.3. The summed E-state index contributed by atoms with van der Waals surface area (Å²) >= 11 is 5.94. The molecular weight excluding hydrogens is 454 g/mol. The van der Waals surface area contributed by atoms with Crippen molar-refractivity contribution in [3.05, 3.63) is 65.0 Å². The number of rotatable bonds is 7. The number of halogens is 1. The Hall–Kier alpha value is -3.23. The van der Waals surface area contributed by atoms with Crippen LogP contribution in [0.3, 0.4) is 0 Å². The van der Waals surface area contributed by atoms with Crippen molar-refractivity contribution in [2.24, 2.45) is 5.92 Å². The van der Waals surface area contributed by atoms with Crippen molar-refractivity contribution < 1.29 is 14.1 Å². The normalized spacial score (nSPS) is 16.4. The molecule has 0 aliphatic carbocycles. The number of benzene rings is 2. The van der Waals surface area contributed by atoms with Gasteiger partial charge in [-0.2, -0.15) is 4.98 Å². The van der Waals surface area contributed by atoms with Gasteiger partial charge in [0.2, 0.25) is 17.6 Å². The highest BCUT2D eigenvalue weighted by atomic mass is 35.5. The van der Waals surface area contributed by atoms with E-state index in [-0.39, 0.29) is 23.8 Å². The van der Waals surface area contributed by atoms with Crippen molar-refractivity contribution in [2.75, 3.05) is 18.4 Å². The standard InChI is InChI=1S/C25H28ClN5O3/c1-16(2)27-25(33)20-7-3-4-8-21(20)28-24(32)18-6-5-13-31(14-18)15-22-29-23(30-34-22)17-9-11-19(26)12-10-17/h3-4,7-12,16,18H,5-6,13-15H2,1-2H3,(H,27,33)(H,28,32). The molecule has 1 aliphatic rings. The highest BCUT2D eigenvalue weighted by molar-refractivity contribution is 6.30. The van der Waals surface area contributed by atoms with Gasteiger partial charge in [0.25, 0.3) is 5.91 Å². The molecule has 1 aromatic heterocycles. The molecule has 0 spiro atoms. The molecule has 0 saturated carbocycles. The summed E-state index contributed by atoms with van der Waals surface area (Å²) in [6.45, 7) is 5.69. The smallest absolute Gasteiger partial charge is 0.253 e. The molecule has 0 bridgehead atoms. The topological polar surface area (TPSA) is 100 Å². The fraction of sp³-hybridized carbons (Fsp3) is 0.360. The second-order valence-electron chi connectivity index (χ2n) is 8.76. The molecule has 8 nitrogen and oxygen atoms in total. The minimum absolute atomic E-state index is 0.00747. The Morgan fingerprint density at radius 3 is 2.71 bits per heavy atom. The van der Waals surface area contributed by atoms with E-state index in [1.54, 1.807) is 30.3 Å². The predicted molar refractivity (Wildman–Crippen MR) is 130 cm³/mol. The van der Waals surface area contributed by atoms with Crippen LogP contribution in [0.25, 0.3) is 11.4 Å². The summed E-state index contributed by atoms with van der Waals surface area (Å²) in [7, 11) is 0. The van der Waals surface area contributed by atoms with Gasteiger partial charge in [-0.25, -0.2) is 0 Å². The van der Waals surface area contributed by atoms with Crippen LogP contribution in [-0.2, 0) is 11.3 Å². The summed E-state index contributed by atoms with van der Waals surface area (Å²) in [5, 5.41) is 10.5. The highest BCUT2D eigenvalue weighted by Gasteiger charge is 2.28. The molecule has 3 aromatic rings. The molecule has 2 N–H and O–H groups in total. The quantitative estimate of drug-likeness (QED) is 0.519. The minimum atomic E-state index is -0.205. The van der Waals surface area contributed by atoms with Gasteiger partial charge in [0.1, 0.15) is 0 Å². The molecule has 178 valence electrons. The third-order valence-electron chi connectivity index (χ3n) is 5.66. The number of anilines is 1. The molecule has 1 fully saturated rings. The lowest BCUT2D eigenvalue weighted by Gasteiger charge is -2.31. The molecular formula is C25H28ClN5O3. The van der Waals surface area contributed by atoms with Crippen molar-refractivity contribution in [2.45, 2.75) is 39.3 Å². The zero-order valence-corrected chi connectivity index (χ0v) is 20.0. The van der Waals surface area contributed by atoms with Gasteiger partial charge in [0.05, 0.1) is 23.7 Å². The van der Waals surface area contributed by atoms with E-state index in [4.69, 9.17) is 16.1 Å². The van der Waals surface area contributed by atoms with Gasteiger partial charge in [-0.05, 0) is 69.6 Å². The summed E-state index contributed by atoms with van der Waals surface area (Å²) in [4.78, 5) is 32.2. The predicted octanol–water partition coefficient (Wildman–Crippen LogP) is 4.38. The van der Waals surface area contributed by atoms with E-state index < -0.39 is 0 Å². The van der Waals surface area contributed by atoms with Gasteiger partial charge in [-0.3, -0.25) is 14.5 Å². The molecule has 2 aromatic carbocycles. The Balaban J connectivity index is 1.38. The maximum Gasteiger partial charge on any atom is 0.253 e. The molecule has 9 heteroatoms. The van der Waals surface area contributed by atoms with Crippen molar-refractivity contribution in [1.82, 2.24) is 20.4 Å². The van der Waals surface area contributed by atoms with E-state index in [1.807, 2.05) is 32.0 Å². The van der Waals surface area contributed by atoms with Gasteiger partial charge < -0.3 is 15.2 Å². The van der Waals surface area contributed by atoms with Gasteiger partial charge in [0.15, 0.2) is 0 Å². The zero-order valence-electron chi connectivity index (χ0n) is 19.3. The number of carbonyl (C=O) groups is 2. The van der Waals surface area contributed by atoms with Gasteiger partial charge >= 0.3 is 0 Å².